The fourth-order valence-electron chi connectivity index (χ4n) is 3.62. The number of benzene rings is 1. The Kier molecular flexibility index (Phi) is 4.31. The van der Waals surface area contributed by atoms with Crippen molar-refractivity contribution in [2.45, 2.75) is 51.0 Å². The standard InChI is InChI=1S/C18H24N2/c1-2-20-16-8-4-3-6-14(12-16)17-9-5-7-15-13-19-11-10-18(15)17/h5,7,9-11,13-14,16,20H,2-4,6,8,12H2,1H3. The molecule has 20 heavy (non-hydrogen) atoms. The first kappa shape index (κ1) is 13.6. The van der Waals surface area contributed by atoms with Crippen molar-refractivity contribution >= 4 is 10.8 Å². The van der Waals surface area contributed by atoms with Gasteiger partial charge in [-0.1, -0.05) is 38.0 Å². The van der Waals surface area contributed by atoms with E-state index in [4.69, 9.17) is 0 Å². The van der Waals surface area contributed by atoms with Gasteiger partial charge in [0.05, 0.1) is 0 Å². The zero-order chi connectivity index (χ0) is 13.8. The van der Waals surface area contributed by atoms with Crippen LogP contribution >= 0.6 is 0 Å². The molecule has 1 heterocycles. The predicted molar refractivity (Wildman–Crippen MR) is 85.0 cm³/mol. The fourth-order valence-corrected chi connectivity index (χ4v) is 3.62. The number of rotatable bonds is 3. The number of hydrogen-bond donors (Lipinski definition) is 1. The van der Waals surface area contributed by atoms with Crippen molar-refractivity contribution in [1.82, 2.24) is 10.3 Å². The minimum Gasteiger partial charge on any atom is -0.314 e. The second kappa shape index (κ2) is 6.36. The van der Waals surface area contributed by atoms with E-state index in [1.807, 2.05) is 12.4 Å². The predicted octanol–water partition coefficient (Wildman–Crippen LogP) is 4.26. The Morgan fingerprint density at radius 1 is 1.20 bits per heavy atom. The fraction of sp³-hybridized carbons (Fsp3) is 0.500. The van der Waals surface area contributed by atoms with E-state index >= 15 is 0 Å². The number of aromatic nitrogens is 1. The summed E-state index contributed by atoms with van der Waals surface area (Å²) >= 11 is 0. The van der Waals surface area contributed by atoms with Gasteiger partial charge in [-0.3, -0.25) is 4.98 Å². The molecule has 2 nitrogen and oxygen atoms in total. The zero-order valence-electron chi connectivity index (χ0n) is 12.3. The van der Waals surface area contributed by atoms with Crippen molar-refractivity contribution in [3.05, 3.63) is 42.2 Å². The molecule has 0 amide bonds. The molecule has 0 aliphatic heterocycles. The highest BCUT2D eigenvalue weighted by Crippen LogP contribution is 2.35. The molecule has 2 aromatic rings. The molecule has 1 N–H and O–H groups in total. The molecule has 3 rings (SSSR count). The van der Waals surface area contributed by atoms with Gasteiger partial charge < -0.3 is 5.32 Å². The van der Waals surface area contributed by atoms with Gasteiger partial charge in [-0.05, 0) is 48.7 Å². The third-order valence-corrected chi connectivity index (χ3v) is 4.57. The minimum absolute atomic E-state index is 0.685. The van der Waals surface area contributed by atoms with Crippen molar-refractivity contribution in [2.75, 3.05) is 6.54 Å². The maximum Gasteiger partial charge on any atom is 0.0346 e. The van der Waals surface area contributed by atoms with E-state index < -0.39 is 0 Å². The Morgan fingerprint density at radius 2 is 2.10 bits per heavy atom. The molecular weight excluding hydrogens is 244 g/mol. The number of hydrogen-bond acceptors (Lipinski definition) is 2. The number of nitrogens with zero attached hydrogens (tertiary/aromatic N) is 1. The minimum atomic E-state index is 0.685. The van der Waals surface area contributed by atoms with E-state index in [0.29, 0.717) is 12.0 Å². The van der Waals surface area contributed by atoms with Crippen molar-refractivity contribution < 1.29 is 0 Å². The van der Waals surface area contributed by atoms with Gasteiger partial charge in [0.25, 0.3) is 0 Å². The smallest absolute Gasteiger partial charge is 0.0346 e. The topological polar surface area (TPSA) is 24.9 Å². The molecule has 0 radical (unpaired) electrons. The van der Waals surface area contributed by atoms with Crippen LogP contribution in [-0.2, 0) is 0 Å². The quantitative estimate of drug-likeness (QED) is 0.841. The monoisotopic (exact) mass is 268 g/mol. The van der Waals surface area contributed by atoms with Crippen LogP contribution in [0.1, 0.15) is 50.5 Å². The van der Waals surface area contributed by atoms with E-state index in [1.165, 1.54) is 48.4 Å². The van der Waals surface area contributed by atoms with E-state index in [0.717, 1.165) is 6.54 Å². The molecule has 1 fully saturated rings. The first-order valence-corrected chi connectivity index (χ1v) is 7.94. The van der Waals surface area contributed by atoms with Crippen molar-refractivity contribution in [2.24, 2.45) is 0 Å². The van der Waals surface area contributed by atoms with Crippen LogP contribution in [0, 0.1) is 0 Å². The molecule has 1 aliphatic rings. The molecular formula is C18H24N2. The van der Waals surface area contributed by atoms with Gasteiger partial charge in [0.2, 0.25) is 0 Å². The van der Waals surface area contributed by atoms with Crippen LogP contribution in [0.3, 0.4) is 0 Å². The lowest BCUT2D eigenvalue weighted by Crippen LogP contribution is -2.29. The maximum absolute atomic E-state index is 4.25. The molecule has 2 heteroatoms. The Hall–Kier alpha value is -1.41. The highest BCUT2D eigenvalue weighted by atomic mass is 14.9. The van der Waals surface area contributed by atoms with Crippen LogP contribution in [0.5, 0.6) is 0 Å². The third kappa shape index (κ3) is 2.85. The molecule has 2 atom stereocenters. The van der Waals surface area contributed by atoms with Crippen molar-refractivity contribution in [1.29, 1.82) is 0 Å². The third-order valence-electron chi connectivity index (χ3n) is 4.57. The molecule has 1 aliphatic carbocycles. The van der Waals surface area contributed by atoms with E-state index in [9.17, 15) is 0 Å². The van der Waals surface area contributed by atoms with Crippen LogP contribution in [0.4, 0.5) is 0 Å². The van der Waals surface area contributed by atoms with Gasteiger partial charge in [0, 0.05) is 23.8 Å². The average Bonchev–Trinajstić information content (AvgIpc) is 2.73. The summed E-state index contributed by atoms with van der Waals surface area (Å²) in [6.45, 7) is 3.29. The summed E-state index contributed by atoms with van der Waals surface area (Å²) in [5.74, 6) is 0.688. The molecule has 1 saturated carbocycles. The van der Waals surface area contributed by atoms with Crippen LogP contribution in [0.2, 0.25) is 0 Å². The summed E-state index contributed by atoms with van der Waals surface area (Å²) in [7, 11) is 0. The highest BCUT2D eigenvalue weighted by Gasteiger charge is 2.22. The molecule has 0 saturated heterocycles. The summed E-state index contributed by atoms with van der Waals surface area (Å²) in [6.07, 6.45) is 10.5. The summed E-state index contributed by atoms with van der Waals surface area (Å²) in [5, 5.41) is 6.33. The first-order valence-electron chi connectivity index (χ1n) is 7.94. The molecule has 2 unspecified atom stereocenters. The zero-order valence-corrected chi connectivity index (χ0v) is 12.3. The summed E-state index contributed by atoms with van der Waals surface area (Å²) < 4.78 is 0. The van der Waals surface area contributed by atoms with Gasteiger partial charge in [-0.15, -0.1) is 0 Å². The maximum atomic E-state index is 4.25. The Labute approximate surface area is 121 Å². The van der Waals surface area contributed by atoms with E-state index in [2.05, 4.69) is 41.5 Å². The largest absolute Gasteiger partial charge is 0.314 e. The lowest BCUT2D eigenvalue weighted by molar-refractivity contribution is 0.450. The molecule has 0 spiro atoms. The molecule has 1 aromatic carbocycles. The molecule has 0 bridgehead atoms. The number of nitrogens with one attached hydrogen (secondary N) is 1. The van der Waals surface area contributed by atoms with Crippen LogP contribution in [0.25, 0.3) is 10.8 Å². The lowest BCUT2D eigenvalue weighted by atomic mass is 9.87. The van der Waals surface area contributed by atoms with Gasteiger partial charge in [-0.2, -0.15) is 0 Å². The van der Waals surface area contributed by atoms with Crippen LogP contribution in [0.15, 0.2) is 36.7 Å². The van der Waals surface area contributed by atoms with Gasteiger partial charge in [0.15, 0.2) is 0 Å². The van der Waals surface area contributed by atoms with Crippen molar-refractivity contribution in [3.8, 4) is 0 Å². The van der Waals surface area contributed by atoms with E-state index in [-0.39, 0.29) is 0 Å². The lowest BCUT2D eigenvalue weighted by Gasteiger charge is -2.22. The highest BCUT2D eigenvalue weighted by molar-refractivity contribution is 5.85. The Balaban J connectivity index is 1.92. The Morgan fingerprint density at radius 3 is 3.00 bits per heavy atom. The number of pyridine rings is 1. The Bertz CT molecular complexity index is 559. The molecule has 106 valence electrons. The summed E-state index contributed by atoms with van der Waals surface area (Å²) in [6, 6.07) is 9.54. The van der Waals surface area contributed by atoms with Crippen LogP contribution < -0.4 is 5.32 Å². The second-order valence-corrected chi connectivity index (χ2v) is 5.92. The summed E-state index contributed by atoms with van der Waals surface area (Å²) in [4.78, 5) is 4.25. The number of fused-ring (bicyclic) bond motifs is 1. The second-order valence-electron chi connectivity index (χ2n) is 5.92. The normalized spacial score (nSPS) is 23.6. The SMILES string of the molecule is CCNC1CCCCC(c2cccc3cnccc23)C1. The van der Waals surface area contributed by atoms with Gasteiger partial charge in [0.1, 0.15) is 0 Å². The molecule has 1 aromatic heterocycles. The van der Waals surface area contributed by atoms with Gasteiger partial charge >= 0.3 is 0 Å². The van der Waals surface area contributed by atoms with Gasteiger partial charge in [-0.25, -0.2) is 0 Å². The summed E-state index contributed by atoms with van der Waals surface area (Å²) in [5.41, 5.74) is 1.52. The first-order chi connectivity index (χ1) is 9.88. The van der Waals surface area contributed by atoms with Crippen LogP contribution in [-0.4, -0.2) is 17.6 Å². The van der Waals surface area contributed by atoms with Crippen molar-refractivity contribution in [3.63, 3.8) is 0 Å². The average molecular weight is 268 g/mol. The van der Waals surface area contributed by atoms with E-state index in [1.54, 1.807) is 0 Å².